The summed E-state index contributed by atoms with van der Waals surface area (Å²) < 4.78 is 6.31. The van der Waals surface area contributed by atoms with Crippen LogP contribution in [-0.4, -0.2) is 52.4 Å². The van der Waals surface area contributed by atoms with E-state index in [0.29, 0.717) is 84.7 Å². The summed E-state index contributed by atoms with van der Waals surface area (Å²) in [4.78, 5) is 112. The molecule has 0 unspecified atom stereocenters. The lowest BCUT2D eigenvalue weighted by Gasteiger charge is -2.13. The van der Waals surface area contributed by atoms with Gasteiger partial charge in [0.15, 0.2) is 0 Å². The zero-order valence-corrected chi connectivity index (χ0v) is 53.0. The molecule has 0 fully saturated rings. The fourth-order valence-electron chi connectivity index (χ4n) is 8.57. The number of amides is 7. The molecule has 0 saturated heterocycles. The first kappa shape index (κ1) is 69.6. The smallest absolute Gasteiger partial charge is 0.255 e. The molecule has 0 bridgehead atoms. The van der Waals surface area contributed by atoms with Gasteiger partial charge in [-0.3, -0.25) is 38.4 Å². The maximum Gasteiger partial charge on any atom is 0.255 e. The van der Waals surface area contributed by atoms with E-state index in [2.05, 4.69) is 37.2 Å². The Labute approximate surface area is 566 Å². The number of ketones is 1. The van der Waals surface area contributed by atoms with Gasteiger partial charge in [0, 0.05) is 103 Å². The lowest BCUT2D eigenvalue weighted by molar-refractivity contribution is -0.115. The van der Waals surface area contributed by atoms with Crippen molar-refractivity contribution in [1.82, 2.24) is 0 Å². The van der Waals surface area contributed by atoms with Crippen LogP contribution in [0.2, 0.25) is 0 Å². The molecule has 486 valence electrons. The van der Waals surface area contributed by atoms with Crippen LogP contribution in [-0.2, 0) is 4.79 Å². The zero-order valence-electron chi connectivity index (χ0n) is 53.2. The van der Waals surface area contributed by atoms with Crippen LogP contribution in [0.4, 0.5) is 56.9 Å². The minimum absolute atomic E-state index is 0.0146. The van der Waals surface area contributed by atoms with Gasteiger partial charge in [-0.05, 0) is 183 Å². The van der Waals surface area contributed by atoms with Gasteiger partial charge in [-0.25, -0.2) is 0 Å². The molecule has 0 aliphatic heterocycles. The number of nitrogen functional groups attached to an aromatic ring is 3. The summed E-state index contributed by atoms with van der Waals surface area (Å²) in [5.41, 5.74) is 24.0. The van der Waals surface area contributed by atoms with E-state index in [0.717, 1.165) is 0 Å². The van der Waals surface area contributed by atoms with E-state index in [1.54, 1.807) is 243 Å². The van der Waals surface area contributed by atoms with Crippen LogP contribution in [0.5, 0.6) is 0 Å². The van der Waals surface area contributed by atoms with Crippen LogP contribution in [0.1, 0.15) is 98.1 Å². The van der Waals surface area contributed by atoms with E-state index in [9.17, 15) is 43.2 Å². The molecule has 13 N–H and O–H groups in total. The molecule has 0 aliphatic carbocycles. The predicted octanol–water partition coefficient (Wildman–Crippen LogP) is 15.2. The van der Waals surface area contributed by atoms with Gasteiger partial charge >= 0.3 is 0 Å². The second-order valence-corrected chi connectivity index (χ2v) is 21.2. The minimum Gasteiger partial charge on any atom is -0.399 e. The lowest BCUT2D eigenvalue weighted by atomic mass is 10.0. The third kappa shape index (κ3) is 24.4. The molecule has 11 rings (SSSR count). The topological polar surface area (TPSA) is 316 Å². The molecule has 0 saturated carbocycles. The standard InChI is InChI=1S/C48H36N6O6.C13H12N2O.C7H5ClO.C6H8N2.C3H6O/c55-43(31-13-4-1-5-14-31)49-37-19-10-22-40(28-37)52-46(58)34-25-35(47(59)53-41-23-11-20-38(29-41)50-44(56)32-15-6-2-7-16-32)27-36(26-34)48(60)54-42-24-12-21-39(30-42)51-45(57)33-17-8-3-9-18-33;14-11-7-4-8-12(9-11)15-13(16)10-5-2-1-3-6-10;8-7(9)6-4-2-1-3-5-6;7-5-2-1-3-6(8)4-5;1-3(2)4/h1-30H,(H,49,55)(H,50,56)(H,51,57)(H,52,58)(H,53,59)(H,54,60);1-9H,14H2,(H,15,16);1-5H;1-4H,7-8H2;1-2H3/i;;;;1D. The first-order valence-electron chi connectivity index (χ1n) is 30.3. The quantitative estimate of drug-likeness (QED) is 0.0338. The number of anilines is 10. The highest BCUT2D eigenvalue weighted by molar-refractivity contribution is 6.67. The number of hydrogen-bond acceptors (Lipinski definition) is 12. The van der Waals surface area contributed by atoms with Crippen molar-refractivity contribution in [1.29, 1.82) is 0 Å². The Morgan fingerprint density at radius 3 is 0.649 bits per heavy atom. The van der Waals surface area contributed by atoms with Crippen LogP contribution in [0.3, 0.4) is 0 Å². The van der Waals surface area contributed by atoms with E-state index in [4.69, 9.17) is 30.2 Å². The Bertz CT molecular complexity index is 4230. The molecule has 7 amide bonds. The molecule has 97 heavy (non-hydrogen) atoms. The highest BCUT2D eigenvalue weighted by Crippen LogP contribution is 2.24. The molecule has 11 aromatic carbocycles. The van der Waals surface area contributed by atoms with Crippen molar-refractivity contribution >= 4 is 121 Å². The summed E-state index contributed by atoms with van der Waals surface area (Å²) in [6.45, 7) is 1.31. The van der Waals surface area contributed by atoms with Crippen LogP contribution < -0.4 is 54.4 Å². The third-order valence-corrected chi connectivity index (χ3v) is 13.3. The van der Waals surface area contributed by atoms with Gasteiger partial charge in [-0.15, -0.1) is 0 Å². The van der Waals surface area contributed by atoms with Gasteiger partial charge in [-0.2, -0.15) is 0 Å². The Kier molecular flexibility index (Phi) is 26.3. The molecule has 0 aromatic heterocycles. The van der Waals surface area contributed by atoms with E-state index in [-0.39, 0.29) is 53.0 Å². The monoisotopic (exact) mass is 1310 g/mol. The Balaban J connectivity index is 0.000000283. The van der Waals surface area contributed by atoms with Gasteiger partial charge in [0.05, 0.1) is 0 Å². The molecule has 0 atom stereocenters. The molecule has 19 nitrogen and oxygen atoms in total. The second kappa shape index (κ2) is 36.7. The van der Waals surface area contributed by atoms with E-state index >= 15 is 0 Å². The normalized spacial score (nSPS) is 10.0. The van der Waals surface area contributed by atoms with E-state index < -0.39 is 23.0 Å². The molecule has 11 aromatic rings. The largest absolute Gasteiger partial charge is 0.399 e. The van der Waals surface area contributed by atoms with E-state index in [1.165, 1.54) is 25.1 Å². The molecule has 0 heterocycles. The van der Waals surface area contributed by atoms with Crippen molar-refractivity contribution < 1.29 is 44.5 Å². The van der Waals surface area contributed by atoms with Crippen molar-refractivity contribution in [3.8, 4) is 0 Å². The number of carbonyl (C=O) groups is 9. The van der Waals surface area contributed by atoms with Crippen molar-refractivity contribution in [2.24, 2.45) is 0 Å². The first-order chi connectivity index (χ1) is 47.3. The fraction of sp³-hybridized carbons (Fsp3) is 0.0260. The molecule has 20 heteroatoms. The number of carbonyl (C=O) groups excluding carboxylic acids is 9. The van der Waals surface area contributed by atoms with Gasteiger partial charge in [0.2, 0.25) is 0 Å². The lowest BCUT2D eigenvalue weighted by Crippen LogP contribution is -2.20. The number of halogens is 1. The fourth-order valence-corrected chi connectivity index (χ4v) is 8.70. The number of nitrogens with two attached hydrogens (primary N) is 3. The maximum absolute atomic E-state index is 13.8. The Hall–Kier alpha value is -13.3. The van der Waals surface area contributed by atoms with Crippen molar-refractivity contribution in [3.05, 3.63) is 336 Å². The van der Waals surface area contributed by atoms with Crippen molar-refractivity contribution in [2.45, 2.75) is 13.8 Å². The highest BCUT2D eigenvalue weighted by Gasteiger charge is 2.19. The third-order valence-electron chi connectivity index (χ3n) is 13.1. The van der Waals surface area contributed by atoms with E-state index in [1.807, 2.05) is 30.3 Å². The van der Waals surface area contributed by atoms with Gasteiger partial charge in [0.25, 0.3) is 46.6 Å². The molecule has 0 aliphatic rings. The average Bonchev–Trinajstić information content (AvgIpc) is 0.881. The number of Topliss-reactive ketones (excluding diaryl/α,β-unsaturated/α-hetero) is 1. The van der Waals surface area contributed by atoms with Crippen LogP contribution >= 0.6 is 11.6 Å². The summed E-state index contributed by atoms with van der Waals surface area (Å²) in [7, 11) is 0. The van der Waals surface area contributed by atoms with Gasteiger partial charge in [0.1, 0.15) is 5.78 Å². The van der Waals surface area contributed by atoms with Crippen LogP contribution in [0, 0.1) is 0 Å². The average molecular weight is 1310 g/mol. The SMILES string of the molecule is Nc1cccc(N)c1.Nc1cccc(NC(=O)c2ccccc2)c1.O=C(Cl)c1ccccc1.O=C(Nc1cccc(NC(=O)c2cc(C(=O)Nc3cccc(NC(=O)c4ccccc4)c3)cc(C(=O)Nc3cccc(NC(=O)c4ccccc4)c3)c2)c1)c1ccccc1.[2H]CC(C)=O. The highest BCUT2D eigenvalue weighted by atomic mass is 35.5. The number of hydrogen-bond donors (Lipinski definition) is 10. The Morgan fingerprint density at radius 1 is 0.258 bits per heavy atom. The molecular weight excluding hydrogens is 1240 g/mol. The Morgan fingerprint density at radius 2 is 0.454 bits per heavy atom. The number of rotatable bonds is 15. The van der Waals surface area contributed by atoms with Gasteiger partial charge in [-0.1, -0.05) is 133 Å². The first-order valence-corrected chi connectivity index (χ1v) is 30.0. The zero-order chi connectivity index (χ0) is 70.2. The molecular formula is C77H67ClN10O9. The summed E-state index contributed by atoms with van der Waals surface area (Å²) in [6, 6.07) is 81.7. The van der Waals surface area contributed by atoms with Gasteiger partial charge < -0.3 is 59.2 Å². The molecule has 0 spiro atoms. The number of nitrogens with one attached hydrogen (secondary N) is 7. The summed E-state index contributed by atoms with van der Waals surface area (Å²) in [5, 5.41) is 19.2. The second-order valence-electron chi connectivity index (χ2n) is 20.8. The maximum atomic E-state index is 13.8. The number of benzene rings is 11. The summed E-state index contributed by atoms with van der Waals surface area (Å²) >= 11 is 5.16. The van der Waals surface area contributed by atoms with Crippen molar-refractivity contribution in [2.75, 3.05) is 54.4 Å². The van der Waals surface area contributed by atoms with Crippen molar-refractivity contribution in [3.63, 3.8) is 0 Å². The minimum atomic E-state index is -0.638. The predicted molar refractivity (Wildman–Crippen MR) is 386 cm³/mol. The van der Waals surface area contributed by atoms with Crippen LogP contribution in [0.15, 0.2) is 291 Å². The summed E-state index contributed by atoms with van der Waals surface area (Å²) in [5.74, 6) is -3.12. The summed E-state index contributed by atoms with van der Waals surface area (Å²) in [6.07, 6.45) is 0. The molecule has 0 radical (unpaired) electrons. The van der Waals surface area contributed by atoms with Crippen LogP contribution in [0.25, 0.3) is 0 Å².